The zero-order chi connectivity index (χ0) is 15.7. The first-order valence-corrected chi connectivity index (χ1v) is 7.29. The number of ether oxygens (including phenoxy) is 1. The van der Waals surface area contributed by atoms with Crippen LogP contribution in [0, 0.1) is 10.1 Å². The maximum absolute atomic E-state index is 10.7. The van der Waals surface area contributed by atoms with Gasteiger partial charge in [-0.15, -0.1) is 0 Å². The predicted octanol–water partition coefficient (Wildman–Crippen LogP) is 2.28. The minimum absolute atomic E-state index is 0.168. The van der Waals surface area contributed by atoms with E-state index in [9.17, 15) is 10.1 Å². The Bertz CT molecular complexity index is 753. The Morgan fingerprint density at radius 2 is 2.32 bits per heavy atom. The van der Waals surface area contributed by atoms with Gasteiger partial charge in [0.1, 0.15) is 11.9 Å². The third-order valence-corrected chi connectivity index (χ3v) is 3.71. The molecule has 0 unspecified atom stereocenters. The molecule has 0 radical (unpaired) electrons. The van der Waals surface area contributed by atoms with E-state index in [1.54, 1.807) is 0 Å². The van der Waals surface area contributed by atoms with Gasteiger partial charge in [0.2, 0.25) is 11.8 Å². The fourth-order valence-corrected chi connectivity index (χ4v) is 2.82. The van der Waals surface area contributed by atoms with Crippen LogP contribution in [0.5, 0.6) is 5.75 Å². The largest absolute Gasteiger partial charge is 0.493 e. The molecule has 2 heterocycles. The molecule has 1 aromatic heterocycles. The molecule has 1 aromatic carbocycles. The maximum atomic E-state index is 10.7. The lowest BCUT2D eigenvalue weighted by molar-refractivity contribution is -0.384. The van der Waals surface area contributed by atoms with Crippen molar-refractivity contribution < 1.29 is 9.66 Å². The molecule has 0 saturated heterocycles. The molecule has 0 fully saturated rings. The maximum Gasteiger partial charge on any atom is 0.329 e. The van der Waals surface area contributed by atoms with Gasteiger partial charge >= 0.3 is 5.69 Å². The number of anilines is 2. The third-order valence-electron chi connectivity index (χ3n) is 3.26. The van der Waals surface area contributed by atoms with E-state index < -0.39 is 4.92 Å². The number of hydrogen-bond donors (Lipinski definition) is 2. The summed E-state index contributed by atoms with van der Waals surface area (Å²) in [6.07, 6.45) is 1.97. The number of halogens is 1. The molecule has 9 heteroatoms. The zero-order valence-corrected chi connectivity index (χ0v) is 13.0. The van der Waals surface area contributed by atoms with Gasteiger partial charge in [-0.1, -0.05) is 15.9 Å². The fraction of sp³-hybridized carbons (Fsp3) is 0.231. The van der Waals surface area contributed by atoms with Crippen molar-refractivity contribution in [2.24, 2.45) is 0 Å². The van der Waals surface area contributed by atoms with Crippen LogP contribution >= 0.6 is 15.9 Å². The Hall–Kier alpha value is -2.42. The first-order valence-electron chi connectivity index (χ1n) is 6.49. The van der Waals surface area contributed by atoms with Gasteiger partial charge in [0.25, 0.3) is 0 Å². The Balaban J connectivity index is 1.79. The van der Waals surface area contributed by atoms with Gasteiger partial charge in [-0.3, -0.25) is 10.1 Å². The van der Waals surface area contributed by atoms with Crippen molar-refractivity contribution in [3.8, 4) is 5.75 Å². The highest BCUT2D eigenvalue weighted by atomic mass is 79.9. The van der Waals surface area contributed by atoms with Crippen molar-refractivity contribution in [2.75, 3.05) is 17.7 Å². The van der Waals surface area contributed by atoms with Crippen molar-refractivity contribution in [3.05, 3.63) is 44.0 Å². The van der Waals surface area contributed by atoms with E-state index in [2.05, 4.69) is 31.2 Å². The summed E-state index contributed by atoms with van der Waals surface area (Å²) in [6.45, 7) is 1.10. The summed E-state index contributed by atoms with van der Waals surface area (Å²) in [4.78, 5) is 17.8. The predicted molar refractivity (Wildman–Crippen MR) is 83.8 cm³/mol. The molecule has 1 aliphatic heterocycles. The number of nitrogen functional groups attached to an aromatic ring is 1. The number of nitrogens with zero attached hydrogens (tertiary/aromatic N) is 3. The summed E-state index contributed by atoms with van der Waals surface area (Å²) in [5, 5.41) is 13.7. The van der Waals surface area contributed by atoms with Crippen molar-refractivity contribution in [2.45, 2.75) is 13.0 Å². The van der Waals surface area contributed by atoms with E-state index in [4.69, 9.17) is 10.5 Å². The van der Waals surface area contributed by atoms with Crippen molar-refractivity contribution in [3.63, 3.8) is 0 Å². The molecule has 0 bridgehead atoms. The van der Waals surface area contributed by atoms with Crippen LogP contribution in [0.4, 0.5) is 17.5 Å². The Morgan fingerprint density at radius 3 is 3.05 bits per heavy atom. The Kier molecular flexibility index (Phi) is 3.80. The van der Waals surface area contributed by atoms with Gasteiger partial charge in [0.15, 0.2) is 0 Å². The molecule has 0 amide bonds. The molecule has 3 rings (SSSR count). The number of rotatable bonds is 4. The van der Waals surface area contributed by atoms with Gasteiger partial charge in [-0.05, 0) is 17.7 Å². The smallest absolute Gasteiger partial charge is 0.329 e. The second-order valence-electron chi connectivity index (χ2n) is 4.73. The average Bonchev–Trinajstić information content (AvgIpc) is 2.92. The summed E-state index contributed by atoms with van der Waals surface area (Å²) >= 11 is 3.47. The van der Waals surface area contributed by atoms with Crippen LogP contribution in [-0.2, 0) is 13.0 Å². The molecular formula is C13H12BrN5O3. The highest BCUT2D eigenvalue weighted by molar-refractivity contribution is 9.10. The van der Waals surface area contributed by atoms with Crippen LogP contribution in [-0.4, -0.2) is 21.5 Å². The molecule has 0 saturated carbocycles. The molecule has 2 aromatic rings. The van der Waals surface area contributed by atoms with E-state index in [1.165, 1.54) is 0 Å². The molecule has 0 atom stereocenters. The average molecular weight is 366 g/mol. The summed E-state index contributed by atoms with van der Waals surface area (Å²) in [7, 11) is 0. The van der Waals surface area contributed by atoms with E-state index in [-0.39, 0.29) is 17.5 Å². The number of aromatic nitrogens is 2. The zero-order valence-electron chi connectivity index (χ0n) is 11.4. The standard InChI is InChI=1S/C13H12BrN5O3/c14-9-3-7-1-2-22-11(7)8(4-9)5-16-13-17-6-10(19(20)21)12(15)18-13/h3-4,6H,1-2,5H2,(H3,15,16,17,18). The topological polar surface area (TPSA) is 116 Å². The molecule has 3 N–H and O–H groups in total. The van der Waals surface area contributed by atoms with Gasteiger partial charge in [-0.25, -0.2) is 4.98 Å². The van der Waals surface area contributed by atoms with Crippen LogP contribution in [0.25, 0.3) is 0 Å². The SMILES string of the molecule is Nc1nc(NCc2cc(Br)cc3c2OCC3)ncc1[N+](=O)[O-]. The highest BCUT2D eigenvalue weighted by Gasteiger charge is 2.18. The Labute approximate surface area is 134 Å². The van der Waals surface area contributed by atoms with Gasteiger partial charge in [-0.2, -0.15) is 4.98 Å². The van der Waals surface area contributed by atoms with Crippen LogP contribution in [0.3, 0.4) is 0 Å². The molecule has 0 aliphatic carbocycles. The number of nitro groups is 1. The fourth-order valence-electron chi connectivity index (χ4n) is 2.27. The number of nitrogens with one attached hydrogen (secondary N) is 1. The van der Waals surface area contributed by atoms with Crippen molar-refractivity contribution in [1.82, 2.24) is 9.97 Å². The lowest BCUT2D eigenvalue weighted by Crippen LogP contribution is -2.07. The van der Waals surface area contributed by atoms with Crippen molar-refractivity contribution >= 4 is 33.4 Å². The van der Waals surface area contributed by atoms with Crippen LogP contribution in [0.1, 0.15) is 11.1 Å². The number of benzene rings is 1. The van der Waals surface area contributed by atoms with E-state index in [0.29, 0.717) is 13.2 Å². The van der Waals surface area contributed by atoms with Crippen molar-refractivity contribution in [1.29, 1.82) is 0 Å². The lowest BCUT2D eigenvalue weighted by atomic mass is 10.1. The number of nitrogens with two attached hydrogens (primary N) is 1. The van der Waals surface area contributed by atoms with Crippen LogP contribution < -0.4 is 15.8 Å². The molecule has 22 heavy (non-hydrogen) atoms. The minimum Gasteiger partial charge on any atom is -0.493 e. The quantitative estimate of drug-likeness (QED) is 0.630. The number of hydrogen-bond acceptors (Lipinski definition) is 7. The molecule has 0 spiro atoms. The summed E-state index contributed by atoms with van der Waals surface area (Å²) in [5.41, 5.74) is 7.34. The summed E-state index contributed by atoms with van der Waals surface area (Å²) < 4.78 is 6.60. The van der Waals surface area contributed by atoms with Gasteiger partial charge < -0.3 is 15.8 Å². The number of fused-ring (bicyclic) bond motifs is 1. The van der Waals surface area contributed by atoms with Crippen LogP contribution in [0.15, 0.2) is 22.8 Å². The summed E-state index contributed by atoms with van der Waals surface area (Å²) in [6, 6.07) is 3.98. The second kappa shape index (κ2) is 5.76. The molecule has 8 nitrogen and oxygen atoms in total. The Morgan fingerprint density at radius 1 is 1.50 bits per heavy atom. The molecular weight excluding hydrogens is 354 g/mol. The normalized spacial score (nSPS) is 12.6. The monoisotopic (exact) mass is 365 g/mol. The molecule has 114 valence electrons. The molecule has 1 aliphatic rings. The third kappa shape index (κ3) is 2.80. The van der Waals surface area contributed by atoms with E-state index >= 15 is 0 Å². The van der Waals surface area contributed by atoms with Gasteiger partial charge in [0, 0.05) is 23.0 Å². The minimum atomic E-state index is -0.617. The van der Waals surface area contributed by atoms with E-state index in [1.807, 2.05) is 12.1 Å². The van der Waals surface area contributed by atoms with E-state index in [0.717, 1.165) is 34.0 Å². The summed E-state index contributed by atoms with van der Waals surface area (Å²) in [5.74, 6) is 0.929. The lowest BCUT2D eigenvalue weighted by Gasteiger charge is -2.10. The second-order valence-corrected chi connectivity index (χ2v) is 5.64. The first-order chi connectivity index (χ1) is 10.5. The highest BCUT2D eigenvalue weighted by Crippen LogP contribution is 2.33. The first kappa shape index (κ1) is 14.5. The van der Waals surface area contributed by atoms with Gasteiger partial charge in [0.05, 0.1) is 11.5 Å². The van der Waals surface area contributed by atoms with Crippen LogP contribution in [0.2, 0.25) is 0 Å².